The molecule has 0 bridgehead atoms. The minimum absolute atomic E-state index is 0.755. The van der Waals surface area contributed by atoms with Crippen molar-refractivity contribution in [3.8, 4) is 5.75 Å². The fourth-order valence-corrected chi connectivity index (χ4v) is 1.83. The van der Waals surface area contributed by atoms with Gasteiger partial charge in [0.2, 0.25) is 0 Å². The zero-order chi connectivity index (χ0) is 14.8. The number of nitrogens with zero attached hydrogens (tertiary/aromatic N) is 1. The molecule has 1 heterocycles. The van der Waals surface area contributed by atoms with E-state index in [1.165, 1.54) is 5.56 Å². The molecule has 0 spiro atoms. The standard InChI is InChI=1S/C13H19NO2.C4H10/c1-12-4-2-3-5-13(12)16-11-8-14-6-9-15-10-7-14;1-4(2)3/h2-5H,6-11H2,1H3;4H,1-3H3. The molecular weight excluding hydrogens is 250 g/mol. The first-order valence-electron chi connectivity index (χ1n) is 7.58. The van der Waals surface area contributed by atoms with E-state index in [1.807, 2.05) is 18.2 Å². The Balaban J connectivity index is 0.000000444. The molecule has 0 radical (unpaired) electrons. The van der Waals surface area contributed by atoms with E-state index in [0.29, 0.717) is 0 Å². The molecule has 114 valence electrons. The molecule has 0 amide bonds. The molecule has 0 aromatic heterocycles. The van der Waals surface area contributed by atoms with Crippen molar-refractivity contribution in [2.24, 2.45) is 5.92 Å². The monoisotopic (exact) mass is 279 g/mol. The maximum absolute atomic E-state index is 5.76. The summed E-state index contributed by atoms with van der Waals surface area (Å²) in [5.41, 5.74) is 1.20. The molecule has 0 N–H and O–H groups in total. The van der Waals surface area contributed by atoms with Gasteiger partial charge < -0.3 is 9.47 Å². The van der Waals surface area contributed by atoms with Crippen molar-refractivity contribution in [1.82, 2.24) is 4.90 Å². The molecule has 0 aliphatic carbocycles. The molecule has 3 nitrogen and oxygen atoms in total. The quantitative estimate of drug-likeness (QED) is 0.843. The lowest BCUT2D eigenvalue weighted by Crippen LogP contribution is -2.38. The Morgan fingerprint density at radius 3 is 2.35 bits per heavy atom. The highest BCUT2D eigenvalue weighted by atomic mass is 16.5. The topological polar surface area (TPSA) is 21.7 Å². The van der Waals surface area contributed by atoms with Crippen LogP contribution < -0.4 is 4.74 Å². The minimum atomic E-state index is 0.755. The first-order chi connectivity index (χ1) is 9.59. The maximum Gasteiger partial charge on any atom is 0.122 e. The predicted molar refractivity (Wildman–Crippen MR) is 84.4 cm³/mol. The van der Waals surface area contributed by atoms with Gasteiger partial charge in [-0.3, -0.25) is 4.90 Å². The number of hydrogen-bond donors (Lipinski definition) is 0. The SMILES string of the molecule is CC(C)C.Cc1ccccc1OCCN1CCOCC1. The second-order valence-corrected chi connectivity index (χ2v) is 5.80. The molecule has 0 atom stereocenters. The first-order valence-corrected chi connectivity index (χ1v) is 7.58. The Bertz CT molecular complexity index is 357. The predicted octanol–water partition coefficient (Wildman–Crippen LogP) is 3.37. The summed E-state index contributed by atoms with van der Waals surface area (Å²) in [6, 6.07) is 8.14. The molecule has 1 fully saturated rings. The van der Waals surface area contributed by atoms with E-state index in [1.54, 1.807) is 0 Å². The van der Waals surface area contributed by atoms with Gasteiger partial charge in [-0.1, -0.05) is 39.0 Å². The summed E-state index contributed by atoms with van der Waals surface area (Å²) >= 11 is 0. The molecule has 1 aliphatic rings. The van der Waals surface area contributed by atoms with Crippen LogP contribution in [0.3, 0.4) is 0 Å². The molecular formula is C17H29NO2. The molecule has 0 saturated carbocycles. The fraction of sp³-hybridized carbons (Fsp3) is 0.647. The Hall–Kier alpha value is -1.06. The highest BCUT2D eigenvalue weighted by Crippen LogP contribution is 2.15. The van der Waals surface area contributed by atoms with Gasteiger partial charge in [0.1, 0.15) is 12.4 Å². The zero-order valence-electron chi connectivity index (χ0n) is 13.4. The van der Waals surface area contributed by atoms with Crippen LogP contribution in [0.25, 0.3) is 0 Å². The lowest BCUT2D eigenvalue weighted by molar-refractivity contribution is 0.0322. The summed E-state index contributed by atoms with van der Waals surface area (Å²) in [6.07, 6.45) is 0. The van der Waals surface area contributed by atoms with E-state index in [4.69, 9.17) is 9.47 Å². The normalized spacial score (nSPS) is 15.7. The molecule has 1 aromatic rings. The Kier molecular flexibility index (Phi) is 8.31. The summed E-state index contributed by atoms with van der Waals surface area (Å²) in [6.45, 7) is 14.1. The molecule has 20 heavy (non-hydrogen) atoms. The van der Waals surface area contributed by atoms with Crippen molar-refractivity contribution < 1.29 is 9.47 Å². The van der Waals surface area contributed by atoms with Crippen LogP contribution in [0.1, 0.15) is 26.3 Å². The number of ether oxygens (including phenoxy) is 2. The van der Waals surface area contributed by atoms with E-state index >= 15 is 0 Å². The van der Waals surface area contributed by atoms with Crippen LogP contribution >= 0.6 is 0 Å². The molecule has 1 aromatic carbocycles. The molecule has 2 rings (SSSR count). The summed E-state index contributed by atoms with van der Waals surface area (Å²) in [7, 11) is 0. The average Bonchev–Trinajstić information content (AvgIpc) is 2.42. The third kappa shape index (κ3) is 7.51. The number of para-hydroxylation sites is 1. The van der Waals surface area contributed by atoms with Gasteiger partial charge in [-0.15, -0.1) is 0 Å². The van der Waals surface area contributed by atoms with Crippen molar-refractivity contribution in [2.75, 3.05) is 39.5 Å². The minimum Gasteiger partial charge on any atom is -0.492 e. The maximum atomic E-state index is 5.76. The van der Waals surface area contributed by atoms with E-state index in [0.717, 1.165) is 51.1 Å². The average molecular weight is 279 g/mol. The van der Waals surface area contributed by atoms with Crippen molar-refractivity contribution in [3.63, 3.8) is 0 Å². The summed E-state index contributed by atoms with van der Waals surface area (Å²) < 4.78 is 11.1. The molecule has 1 aliphatic heterocycles. The fourth-order valence-electron chi connectivity index (χ4n) is 1.83. The van der Waals surface area contributed by atoms with Gasteiger partial charge in [0.15, 0.2) is 0 Å². The van der Waals surface area contributed by atoms with Gasteiger partial charge in [0, 0.05) is 19.6 Å². The number of aryl methyl sites for hydroxylation is 1. The van der Waals surface area contributed by atoms with Crippen LogP contribution in [0.2, 0.25) is 0 Å². The highest BCUT2D eigenvalue weighted by Gasteiger charge is 2.09. The largest absolute Gasteiger partial charge is 0.492 e. The Morgan fingerprint density at radius 1 is 1.15 bits per heavy atom. The first kappa shape index (κ1) is 17.0. The van der Waals surface area contributed by atoms with Crippen LogP contribution in [0.5, 0.6) is 5.75 Å². The second kappa shape index (κ2) is 9.78. The molecule has 3 heteroatoms. The summed E-state index contributed by atoms with van der Waals surface area (Å²) in [5, 5.41) is 0. The summed E-state index contributed by atoms with van der Waals surface area (Å²) in [4.78, 5) is 2.38. The number of rotatable bonds is 4. The Labute approximate surface area is 123 Å². The van der Waals surface area contributed by atoms with Gasteiger partial charge in [-0.05, 0) is 24.5 Å². The van der Waals surface area contributed by atoms with Gasteiger partial charge in [0.05, 0.1) is 13.2 Å². The number of hydrogen-bond acceptors (Lipinski definition) is 3. The second-order valence-electron chi connectivity index (χ2n) is 5.80. The van der Waals surface area contributed by atoms with Gasteiger partial charge in [0.25, 0.3) is 0 Å². The molecule has 0 unspecified atom stereocenters. The third-order valence-electron chi connectivity index (χ3n) is 2.86. The lowest BCUT2D eigenvalue weighted by atomic mass is 10.2. The smallest absolute Gasteiger partial charge is 0.122 e. The van der Waals surface area contributed by atoms with Gasteiger partial charge in [-0.25, -0.2) is 0 Å². The van der Waals surface area contributed by atoms with Crippen molar-refractivity contribution in [1.29, 1.82) is 0 Å². The van der Waals surface area contributed by atoms with E-state index < -0.39 is 0 Å². The zero-order valence-corrected chi connectivity index (χ0v) is 13.4. The van der Waals surface area contributed by atoms with E-state index in [2.05, 4.69) is 38.7 Å². The highest BCUT2D eigenvalue weighted by molar-refractivity contribution is 5.31. The van der Waals surface area contributed by atoms with Crippen LogP contribution in [-0.2, 0) is 4.74 Å². The third-order valence-corrected chi connectivity index (χ3v) is 2.86. The van der Waals surface area contributed by atoms with E-state index in [9.17, 15) is 0 Å². The lowest BCUT2D eigenvalue weighted by Gasteiger charge is -2.26. The number of morpholine rings is 1. The summed E-state index contributed by atoms with van der Waals surface area (Å²) in [5.74, 6) is 1.83. The Morgan fingerprint density at radius 2 is 1.75 bits per heavy atom. The van der Waals surface area contributed by atoms with Crippen molar-refractivity contribution >= 4 is 0 Å². The number of benzene rings is 1. The van der Waals surface area contributed by atoms with Crippen LogP contribution in [0, 0.1) is 12.8 Å². The van der Waals surface area contributed by atoms with E-state index in [-0.39, 0.29) is 0 Å². The van der Waals surface area contributed by atoms with Gasteiger partial charge >= 0.3 is 0 Å². The van der Waals surface area contributed by atoms with Crippen molar-refractivity contribution in [3.05, 3.63) is 29.8 Å². The van der Waals surface area contributed by atoms with Gasteiger partial charge in [-0.2, -0.15) is 0 Å². The van der Waals surface area contributed by atoms with Crippen LogP contribution in [0.4, 0.5) is 0 Å². The molecule has 1 saturated heterocycles. The van der Waals surface area contributed by atoms with Crippen LogP contribution in [0.15, 0.2) is 24.3 Å². The van der Waals surface area contributed by atoms with Crippen LogP contribution in [-0.4, -0.2) is 44.4 Å². The van der Waals surface area contributed by atoms with Crippen molar-refractivity contribution in [2.45, 2.75) is 27.7 Å².